The summed E-state index contributed by atoms with van der Waals surface area (Å²) in [4.78, 5) is 40.8. The molecule has 0 radical (unpaired) electrons. The van der Waals surface area contributed by atoms with Crippen LogP contribution in [0.25, 0.3) is 0 Å². The maximum atomic E-state index is 12.3. The summed E-state index contributed by atoms with van der Waals surface area (Å²) in [7, 11) is 1.30. The molecule has 1 aromatic heterocycles. The molecular formula is C17H24N2O5. The summed E-state index contributed by atoms with van der Waals surface area (Å²) in [6.07, 6.45) is 3.64. The van der Waals surface area contributed by atoms with Crippen LogP contribution in [0.5, 0.6) is 0 Å². The fourth-order valence-electron chi connectivity index (χ4n) is 2.94. The smallest absolute Gasteiger partial charge is 0.355 e. The summed E-state index contributed by atoms with van der Waals surface area (Å²) >= 11 is 0. The van der Waals surface area contributed by atoms with Crippen LogP contribution in [0.15, 0.2) is 0 Å². The first-order valence-corrected chi connectivity index (χ1v) is 8.24. The molecule has 0 bridgehead atoms. The standard InChI is InChI=1S/C17H24N2O5/c1-4-12-14(16(21)23-3)11(2)15(18-12)17(22)24-10-13(20)19-8-6-5-7-9-19/h18H,4-10H2,1-3H3. The Morgan fingerprint density at radius 1 is 1.12 bits per heavy atom. The Balaban J connectivity index is 2.05. The van der Waals surface area contributed by atoms with Gasteiger partial charge in [0, 0.05) is 18.8 Å². The first-order chi connectivity index (χ1) is 11.5. The van der Waals surface area contributed by atoms with Gasteiger partial charge in [0.25, 0.3) is 5.91 Å². The molecule has 1 N–H and O–H groups in total. The lowest BCUT2D eigenvalue weighted by Crippen LogP contribution is -2.38. The number of ether oxygens (including phenoxy) is 2. The van der Waals surface area contributed by atoms with Crippen molar-refractivity contribution in [2.75, 3.05) is 26.8 Å². The second-order valence-corrected chi connectivity index (χ2v) is 5.84. The fraction of sp³-hybridized carbons (Fsp3) is 0.588. The highest BCUT2D eigenvalue weighted by Gasteiger charge is 2.25. The molecule has 132 valence electrons. The summed E-state index contributed by atoms with van der Waals surface area (Å²) in [5, 5.41) is 0. The molecule has 0 spiro atoms. The Morgan fingerprint density at radius 3 is 2.38 bits per heavy atom. The molecule has 1 fully saturated rings. The Hall–Kier alpha value is -2.31. The maximum absolute atomic E-state index is 12.3. The van der Waals surface area contributed by atoms with Gasteiger partial charge in [-0.15, -0.1) is 0 Å². The first kappa shape index (κ1) is 18.0. The summed E-state index contributed by atoms with van der Waals surface area (Å²) in [6, 6.07) is 0. The molecule has 1 aromatic rings. The molecule has 2 heterocycles. The van der Waals surface area contributed by atoms with Crippen LogP contribution in [-0.4, -0.2) is 54.5 Å². The van der Waals surface area contributed by atoms with Crippen molar-refractivity contribution in [3.8, 4) is 0 Å². The second kappa shape index (κ2) is 7.99. The van der Waals surface area contributed by atoms with Crippen molar-refractivity contribution in [3.05, 3.63) is 22.5 Å². The van der Waals surface area contributed by atoms with Gasteiger partial charge in [-0.05, 0) is 38.2 Å². The van der Waals surface area contributed by atoms with E-state index in [0.29, 0.717) is 36.3 Å². The lowest BCUT2D eigenvalue weighted by Gasteiger charge is -2.26. The van der Waals surface area contributed by atoms with Crippen LogP contribution in [0.1, 0.15) is 58.3 Å². The van der Waals surface area contributed by atoms with E-state index < -0.39 is 11.9 Å². The Kier molecular flexibility index (Phi) is 6.00. The highest BCUT2D eigenvalue weighted by molar-refractivity contribution is 5.99. The number of esters is 2. The van der Waals surface area contributed by atoms with Crippen LogP contribution in [0, 0.1) is 6.92 Å². The van der Waals surface area contributed by atoms with Crippen molar-refractivity contribution >= 4 is 17.8 Å². The SMILES string of the molecule is CCc1[nH]c(C(=O)OCC(=O)N2CCCCC2)c(C)c1C(=O)OC. The van der Waals surface area contributed by atoms with Gasteiger partial charge >= 0.3 is 11.9 Å². The van der Waals surface area contributed by atoms with E-state index in [0.717, 1.165) is 19.3 Å². The van der Waals surface area contributed by atoms with Gasteiger partial charge < -0.3 is 19.4 Å². The van der Waals surface area contributed by atoms with Crippen molar-refractivity contribution in [3.63, 3.8) is 0 Å². The number of methoxy groups -OCH3 is 1. The molecule has 1 amide bonds. The van der Waals surface area contributed by atoms with Crippen molar-refractivity contribution in [1.29, 1.82) is 0 Å². The number of H-pyrrole nitrogens is 1. The quantitative estimate of drug-likeness (QED) is 0.829. The fourth-order valence-corrected chi connectivity index (χ4v) is 2.94. The van der Waals surface area contributed by atoms with Crippen LogP contribution in [-0.2, 0) is 20.7 Å². The van der Waals surface area contributed by atoms with Gasteiger partial charge in [0.15, 0.2) is 6.61 Å². The van der Waals surface area contributed by atoms with E-state index in [1.807, 2.05) is 6.92 Å². The number of hydrogen-bond donors (Lipinski definition) is 1. The molecule has 1 saturated heterocycles. The van der Waals surface area contributed by atoms with Crippen molar-refractivity contribution < 1.29 is 23.9 Å². The summed E-state index contributed by atoms with van der Waals surface area (Å²) in [5.41, 5.74) is 1.65. The van der Waals surface area contributed by atoms with E-state index in [1.54, 1.807) is 11.8 Å². The molecule has 24 heavy (non-hydrogen) atoms. The topological polar surface area (TPSA) is 88.7 Å². The number of rotatable bonds is 5. The van der Waals surface area contributed by atoms with E-state index in [2.05, 4.69) is 4.98 Å². The van der Waals surface area contributed by atoms with Gasteiger partial charge in [-0.1, -0.05) is 6.92 Å². The molecule has 1 aliphatic heterocycles. The third-order valence-electron chi connectivity index (χ3n) is 4.31. The van der Waals surface area contributed by atoms with Gasteiger partial charge in [0.2, 0.25) is 0 Å². The summed E-state index contributed by atoms with van der Waals surface area (Å²) in [5.74, 6) is -1.32. The number of aromatic nitrogens is 1. The number of nitrogens with one attached hydrogen (secondary N) is 1. The average molecular weight is 336 g/mol. The normalized spacial score (nSPS) is 14.4. The summed E-state index contributed by atoms with van der Waals surface area (Å²) < 4.78 is 9.89. The largest absolute Gasteiger partial charge is 0.465 e. The second-order valence-electron chi connectivity index (χ2n) is 5.84. The van der Waals surface area contributed by atoms with Gasteiger partial charge in [-0.3, -0.25) is 4.79 Å². The monoisotopic (exact) mass is 336 g/mol. The third-order valence-corrected chi connectivity index (χ3v) is 4.31. The molecule has 0 aromatic carbocycles. The van der Waals surface area contributed by atoms with Gasteiger partial charge in [0.1, 0.15) is 5.69 Å². The molecule has 0 unspecified atom stereocenters. The number of amides is 1. The zero-order chi connectivity index (χ0) is 17.7. The van der Waals surface area contributed by atoms with E-state index >= 15 is 0 Å². The summed E-state index contributed by atoms with van der Waals surface area (Å²) in [6.45, 7) is 4.67. The molecule has 0 atom stereocenters. The molecule has 0 aliphatic carbocycles. The van der Waals surface area contributed by atoms with Crippen LogP contribution < -0.4 is 0 Å². The molecule has 0 saturated carbocycles. The van der Waals surface area contributed by atoms with E-state index in [4.69, 9.17) is 9.47 Å². The predicted octanol–water partition coefficient (Wildman–Crippen LogP) is 1.84. The molecule has 2 rings (SSSR count). The lowest BCUT2D eigenvalue weighted by atomic mass is 10.1. The lowest BCUT2D eigenvalue weighted by molar-refractivity contribution is -0.135. The average Bonchev–Trinajstić information content (AvgIpc) is 2.96. The van der Waals surface area contributed by atoms with Crippen LogP contribution in [0.3, 0.4) is 0 Å². The van der Waals surface area contributed by atoms with E-state index in [1.165, 1.54) is 7.11 Å². The Bertz CT molecular complexity index is 629. The maximum Gasteiger partial charge on any atom is 0.355 e. The number of carbonyl (C=O) groups excluding carboxylic acids is 3. The zero-order valence-corrected chi connectivity index (χ0v) is 14.4. The van der Waals surface area contributed by atoms with Crippen molar-refractivity contribution in [2.45, 2.75) is 39.5 Å². The number of hydrogen-bond acceptors (Lipinski definition) is 5. The highest BCUT2D eigenvalue weighted by atomic mass is 16.5. The van der Waals surface area contributed by atoms with Gasteiger partial charge in [-0.2, -0.15) is 0 Å². The van der Waals surface area contributed by atoms with Crippen molar-refractivity contribution in [2.24, 2.45) is 0 Å². The minimum absolute atomic E-state index is 0.184. The molecule has 7 heteroatoms. The number of aromatic amines is 1. The molecule has 7 nitrogen and oxygen atoms in total. The number of piperidine rings is 1. The number of nitrogens with zero attached hydrogens (tertiary/aromatic N) is 1. The number of carbonyl (C=O) groups is 3. The highest BCUT2D eigenvalue weighted by Crippen LogP contribution is 2.21. The van der Waals surface area contributed by atoms with E-state index in [9.17, 15) is 14.4 Å². The van der Waals surface area contributed by atoms with Gasteiger partial charge in [-0.25, -0.2) is 9.59 Å². The number of likely N-dealkylation sites (tertiary alicyclic amines) is 1. The minimum Gasteiger partial charge on any atom is -0.465 e. The first-order valence-electron chi connectivity index (χ1n) is 8.24. The predicted molar refractivity (Wildman–Crippen MR) is 87.0 cm³/mol. The molecule has 1 aliphatic rings. The van der Waals surface area contributed by atoms with Crippen LogP contribution in [0.2, 0.25) is 0 Å². The Labute approximate surface area is 141 Å². The zero-order valence-electron chi connectivity index (χ0n) is 14.4. The Morgan fingerprint density at radius 2 is 1.79 bits per heavy atom. The molecular weight excluding hydrogens is 312 g/mol. The van der Waals surface area contributed by atoms with Crippen LogP contribution in [0.4, 0.5) is 0 Å². The van der Waals surface area contributed by atoms with Crippen molar-refractivity contribution in [1.82, 2.24) is 9.88 Å². The van der Waals surface area contributed by atoms with Gasteiger partial charge in [0.05, 0.1) is 12.7 Å². The van der Waals surface area contributed by atoms with Crippen LogP contribution >= 0.6 is 0 Å². The minimum atomic E-state index is -0.636. The third kappa shape index (κ3) is 3.77. The van der Waals surface area contributed by atoms with E-state index in [-0.39, 0.29) is 18.2 Å². The number of aryl methyl sites for hydroxylation is 1.